The summed E-state index contributed by atoms with van der Waals surface area (Å²) in [6, 6.07) is 34.3. The molecule has 2 heterocycles. The number of piperidine rings is 1. The Kier molecular flexibility index (Phi) is 14.2. The highest BCUT2D eigenvalue weighted by Crippen LogP contribution is 2.23. The van der Waals surface area contributed by atoms with E-state index in [9.17, 15) is 4.79 Å². The number of rotatable bonds is 18. The van der Waals surface area contributed by atoms with Crippen molar-refractivity contribution in [3.8, 4) is 5.75 Å². The van der Waals surface area contributed by atoms with E-state index in [0.29, 0.717) is 6.61 Å². The van der Waals surface area contributed by atoms with Gasteiger partial charge in [-0.15, -0.1) is 0 Å². The molecule has 8 heteroatoms. The third kappa shape index (κ3) is 12.0. The van der Waals surface area contributed by atoms with Crippen LogP contribution in [-0.2, 0) is 29.2 Å². The van der Waals surface area contributed by atoms with Gasteiger partial charge < -0.3 is 24.0 Å². The molecule has 3 aromatic carbocycles. The number of ether oxygens (including phenoxy) is 3. The molecule has 1 amide bonds. The summed E-state index contributed by atoms with van der Waals surface area (Å²) in [6.07, 6.45) is 5.80. The van der Waals surface area contributed by atoms with Crippen LogP contribution in [0.2, 0.25) is 0 Å². The number of nitrogens with one attached hydrogen (secondary N) is 1. The lowest BCUT2D eigenvalue weighted by atomic mass is 9.99. The molecule has 1 aromatic heterocycles. The van der Waals surface area contributed by atoms with Crippen LogP contribution in [0.3, 0.4) is 0 Å². The molecule has 1 saturated heterocycles. The van der Waals surface area contributed by atoms with Crippen LogP contribution >= 0.6 is 0 Å². The number of benzene rings is 3. The van der Waals surface area contributed by atoms with Gasteiger partial charge in [-0.05, 0) is 61.4 Å². The summed E-state index contributed by atoms with van der Waals surface area (Å²) in [5, 5.41) is 3.11. The third-order valence-corrected chi connectivity index (χ3v) is 9.43. The Morgan fingerprint density at radius 2 is 1.46 bits per heavy atom. The second kappa shape index (κ2) is 19.2. The number of amides is 1. The molecule has 4 aromatic rings. The molecular formula is C42H55N4O4+. The Morgan fingerprint density at radius 3 is 2.16 bits per heavy atom. The van der Waals surface area contributed by atoms with Crippen molar-refractivity contribution in [3.05, 3.63) is 131 Å². The van der Waals surface area contributed by atoms with E-state index in [1.165, 1.54) is 19.3 Å². The van der Waals surface area contributed by atoms with Crippen LogP contribution in [0.1, 0.15) is 72.6 Å². The number of methoxy groups -OCH3 is 1. The van der Waals surface area contributed by atoms with Crippen LogP contribution in [0.15, 0.2) is 103 Å². The van der Waals surface area contributed by atoms with Gasteiger partial charge in [0.1, 0.15) is 18.4 Å². The van der Waals surface area contributed by atoms with Gasteiger partial charge in [0.05, 0.1) is 51.8 Å². The number of para-hydroxylation sites is 1. The zero-order valence-electron chi connectivity index (χ0n) is 30.1. The SMILES string of the molecule is COc1ccccc1COCCCCCC[N+](C)(C)Cc1cccc(CN2CCC(OC(=O)NC(c3ccccc3)c3ccccc3)CC2)n1. The summed E-state index contributed by atoms with van der Waals surface area (Å²) in [6.45, 7) is 5.95. The standard InChI is InChI=1S/C42H54N4O4/c1-46(2,29-14-4-5-15-30-49-33-36-21-12-13-24-40(36)48-3)32-38-23-16-22-37(43-38)31-45-27-25-39(26-28-45)50-42(47)44-41(34-17-8-6-9-18-34)35-19-10-7-11-20-35/h6-13,16-24,39,41H,4-5,14-15,25-33H2,1-3H3/p+1. The lowest BCUT2D eigenvalue weighted by Gasteiger charge is -2.32. The number of unbranched alkanes of at least 4 members (excludes halogenated alkanes) is 3. The average Bonchev–Trinajstić information content (AvgIpc) is 3.13. The van der Waals surface area contributed by atoms with E-state index < -0.39 is 0 Å². The first-order valence-corrected chi connectivity index (χ1v) is 18.1. The molecule has 1 N–H and O–H groups in total. The number of pyridine rings is 1. The number of carbonyl (C=O) groups is 1. The first-order valence-electron chi connectivity index (χ1n) is 18.1. The lowest BCUT2D eigenvalue weighted by molar-refractivity contribution is -0.904. The van der Waals surface area contributed by atoms with Crippen molar-refractivity contribution in [2.45, 2.75) is 70.4 Å². The normalized spacial score (nSPS) is 14.1. The van der Waals surface area contributed by atoms with E-state index in [4.69, 9.17) is 19.2 Å². The van der Waals surface area contributed by atoms with Gasteiger partial charge in [0, 0.05) is 31.8 Å². The Bertz CT molecular complexity index is 1540. The van der Waals surface area contributed by atoms with Crippen molar-refractivity contribution in [2.75, 3.05) is 47.4 Å². The van der Waals surface area contributed by atoms with Crippen LogP contribution in [-0.4, -0.2) is 74.0 Å². The number of alkyl carbamates (subject to hydrolysis) is 1. The molecule has 1 fully saturated rings. The molecule has 1 aliphatic heterocycles. The predicted octanol–water partition coefficient (Wildman–Crippen LogP) is 7.92. The fraction of sp³-hybridized carbons (Fsp3) is 0.429. The Morgan fingerprint density at radius 1 is 0.820 bits per heavy atom. The summed E-state index contributed by atoms with van der Waals surface area (Å²) < 4.78 is 18.1. The first kappa shape index (κ1) is 37.0. The smallest absolute Gasteiger partial charge is 0.408 e. The number of quaternary nitrogens is 1. The number of nitrogens with zero attached hydrogens (tertiary/aromatic N) is 3. The van der Waals surface area contributed by atoms with Crippen molar-refractivity contribution >= 4 is 6.09 Å². The van der Waals surface area contributed by atoms with Crippen LogP contribution in [0, 0.1) is 0 Å². The third-order valence-electron chi connectivity index (χ3n) is 9.43. The average molecular weight is 680 g/mol. The summed E-state index contributed by atoms with van der Waals surface area (Å²) >= 11 is 0. The summed E-state index contributed by atoms with van der Waals surface area (Å²) in [5.41, 5.74) is 5.39. The van der Waals surface area contributed by atoms with Crippen molar-refractivity contribution in [1.82, 2.24) is 15.2 Å². The van der Waals surface area contributed by atoms with E-state index in [-0.39, 0.29) is 18.2 Å². The maximum Gasteiger partial charge on any atom is 0.408 e. The molecule has 0 spiro atoms. The molecule has 0 unspecified atom stereocenters. The van der Waals surface area contributed by atoms with E-state index in [1.807, 2.05) is 78.9 Å². The Balaban J connectivity index is 0.985. The van der Waals surface area contributed by atoms with E-state index in [2.05, 4.69) is 48.6 Å². The molecule has 0 aliphatic carbocycles. The summed E-state index contributed by atoms with van der Waals surface area (Å²) in [4.78, 5) is 20.5. The van der Waals surface area contributed by atoms with Crippen LogP contribution < -0.4 is 10.1 Å². The van der Waals surface area contributed by atoms with Crippen molar-refractivity contribution in [1.29, 1.82) is 0 Å². The highest BCUT2D eigenvalue weighted by atomic mass is 16.6. The Labute approximate surface area is 299 Å². The first-order chi connectivity index (χ1) is 24.4. The summed E-state index contributed by atoms with van der Waals surface area (Å²) in [5.74, 6) is 0.887. The van der Waals surface area contributed by atoms with E-state index in [1.54, 1.807) is 7.11 Å². The molecule has 1 aliphatic rings. The monoisotopic (exact) mass is 679 g/mol. The fourth-order valence-electron chi connectivity index (χ4n) is 6.69. The summed E-state index contributed by atoms with van der Waals surface area (Å²) in [7, 11) is 6.30. The van der Waals surface area contributed by atoms with Gasteiger partial charge in [0.15, 0.2) is 0 Å². The van der Waals surface area contributed by atoms with Crippen LogP contribution in [0.4, 0.5) is 4.79 Å². The quantitative estimate of drug-likeness (QED) is 0.0851. The van der Waals surface area contributed by atoms with E-state index in [0.717, 1.165) is 96.9 Å². The number of likely N-dealkylation sites (tertiary alicyclic amines) is 1. The number of aromatic nitrogens is 1. The predicted molar refractivity (Wildman–Crippen MR) is 199 cm³/mol. The molecule has 0 radical (unpaired) electrons. The molecular weight excluding hydrogens is 624 g/mol. The highest BCUT2D eigenvalue weighted by molar-refractivity contribution is 5.69. The van der Waals surface area contributed by atoms with Gasteiger partial charge in [-0.3, -0.25) is 9.88 Å². The molecule has 5 rings (SSSR count). The fourth-order valence-corrected chi connectivity index (χ4v) is 6.69. The van der Waals surface area contributed by atoms with Crippen molar-refractivity contribution in [3.63, 3.8) is 0 Å². The second-order valence-electron chi connectivity index (χ2n) is 14.0. The van der Waals surface area contributed by atoms with Crippen LogP contribution in [0.5, 0.6) is 5.75 Å². The lowest BCUT2D eigenvalue weighted by Crippen LogP contribution is -2.40. The van der Waals surface area contributed by atoms with Gasteiger partial charge in [-0.2, -0.15) is 0 Å². The largest absolute Gasteiger partial charge is 0.496 e. The maximum atomic E-state index is 13.0. The van der Waals surface area contributed by atoms with Gasteiger partial charge in [-0.25, -0.2) is 4.79 Å². The van der Waals surface area contributed by atoms with Gasteiger partial charge in [0.25, 0.3) is 0 Å². The van der Waals surface area contributed by atoms with Gasteiger partial charge in [-0.1, -0.05) is 91.3 Å². The zero-order valence-corrected chi connectivity index (χ0v) is 30.1. The minimum atomic E-state index is -0.370. The van der Waals surface area contributed by atoms with Crippen molar-refractivity contribution in [2.24, 2.45) is 0 Å². The van der Waals surface area contributed by atoms with Crippen LogP contribution in [0.25, 0.3) is 0 Å². The number of hydrogen-bond donors (Lipinski definition) is 1. The minimum absolute atomic E-state index is 0.0956. The molecule has 8 nitrogen and oxygen atoms in total. The molecule has 50 heavy (non-hydrogen) atoms. The molecule has 0 bridgehead atoms. The molecule has 0 atom stereocenters. The van der Waals surface area contributed by atoms with Crippen molar-refractivity contribution < 1.29 is 23.5 Å². The molecule has 266 valence electrons. The zero-order chi connectivity index (χ0) is 35.0. The minimum Gasteiger partial charge on any atom is -0.496 e. The topological polar surface area (TPSA) is 72.9 Å². The molecule has 0 saturated carbocycles. The van der Waals surface area contributed by atoms with Gasteiger partial charge >= 0.3 is 6.09 Å². The van der Waals surface area contributed by atoms with E-state index >= 15 is 0 Å². The Hall–Kier alpha value is -4.24. The highest BCUT2D eigenvalue weighted by Gasteiger charge is 2.25. The maximum absolute atomic E-state index is 13.0. The second-order valence-corrected chi connectivity index (χ2v) is 14.0. The number of carbonyl (C=O) groups excluding carboxylic acids is 1. The number of hydrogen-bond acceptors (Lipinski definition) is 6. The van der Waals surface area contributed by atoms with Gasteiger partial charge in [0.2, 0.25) is 0 Å².